The SMILES string of the molecule is COc1ccc(NC(=O)CSc2nccc3c(OC)cccc23)c(OC)c1. The van der Waals surface area contributed by atoms with Crippen LogP contribution in [-0.4, -0.2) is 38.0 Å². The second-order valence-electron chi connectivity index (χ2n) is 5.57. The largest absolute Gasteiger partial charge is 0.497 e. The number of nitrogens with zero attached hydrogens (tertiary/aromatic N) is 1. The van der Waals surface area contributed by atoms with Gasteiger partial charge in [0, 0.05) is 23.0 Å². The van der Waals surface area contributed by atoms with Gasteiger partial charge in [0.1, 0.15) is 22.3 Å². The Labute approximate surface area is 161 Å². The number of nitrogens with one attached hydrogen (secondary N) is 1. The first-order chi connectivity index (χ1) is 13.2. The number of rotatable bonds is 7. The lowest BCUT2D eigenvalue weighted by Gasteiger charge is -2.12. The van der Waals surface area contributed by atoms with Crippen LogP contribution in [0.4, 0.5) is 5.69 Å². The lowest BCUT2D eigenvalue weighted by molar-refractivity contribution is -0.113. The molecule has 0 aliphatic carbocycles. The number of anilines is 1. The van der Waals surface area contributed by atoms with Crippen LogP contribution in [0.1, 0.15) is 0 Å². The Hall–Kier alpha value is -2.93. The molecule has 0 aliphatic heterocycles. The fourth-order valence-corrected chi connectivity index (χ4v) is 3.48. The van der Waals surface area contributed by atoms with E-state index < -0.39 is 0 Å². The van der Waals surface area contributed by atoms with E-state index in [4.69, 9.17) is 14.2 Å². The van der Waals surface area contributed by atoms with Crippen LogP contribution in [-0.2, 0) is 4.79 Å². The number of aromatic nitrogens is 1. The average Bonchev–Trinajstić information content (AvgIpc) is 2.71. The first kappa shape index (κ1) is 18.8. The van der Waals surface area contributed by atoms with Crippen LogP contribution < -0.4 is 19.5 Å². The third kappa shape index (κ3) is 4.25. The van der Waals surface area contributed by atoms with Crippen LogP contribution in [0.2, 0.25) is 0 Å². The number of thioether (sulfide) groups is 1. The molecule has 7 heteroatoms. The van der Waals surface area contributed by atoms with E-state index in [2.05, 4.69) is 10.3 Å². The van der Waals surface area contributed by atoms with Crippen molar-refractivity contribution in [3.63, 3.8) is 0 Å². The van der Waals surface area contributed by atoms with E-state index in [-0.39, 0.29) is 11.7 Å². The molecule has 2 aromatic carbocycles. The van der Waals surface area contributed by atoms with Crippen molar-refractivity contribution in [3.05, 3.63) is 48.7 Å². The summed E-state index contributed by atoms with van der Waals surface area (Å²) in [5.74, 6) is 2.06. The molecule has 0 unspecified atom stereocenters. The Morgan fingerprint density at radius 1 is 1.00 bits per heavy atom. The number of carbonyl (C=O) groups excluding carboxylic acids is 1. The maximum absolute atomic E-state index is 12.4. The molecule has 0 bridgehead atoms. The second-order valence-corrected chi connectivity index (χ2v) is 6.54. The Balaban J connectivity index is 1.72. The van der Waals surface area contributed by atoms with Gasteiger partial charge in [0.25, 0.3) is 0 Å². The van der Waals surface area contributed by atoms with Crippen molar-refractivity contribution in [3.8, 4) is 17.2 Å². The van der Waals surface area contributed by atoms with Crippen LogP contribution in [0.5, 0.6) is 17.2 Å². The summed E-state index contributed by atoms with van der Waals surface area (Å²) in [6.45, 7) is 0. The quantitative estimate of drug-likeness (QED) is 0.621. The Kier molecular flexibility index (Phi) is 6.03. The number of methoxy groups -OCH3 is 3. The minimum Gasteiger partial charge on any atom is -0.497 e. The normalized spacial score (nSPS) is 10.5. The molecule has 0 saturated carbocycles. The molecular weight excluding hydrogens is 364 g/mol. The van der Waals surface area contributed by atoms with E-state index in [0.29, 0.717) is 17.2 Å². The first-order valence-electron chi connectivity index (χ1n) is 8.22. The number of ether oxygens (including phenoxy) is 3. The van der Waals surface area contributed by atoms with Gasteiger partial charge in [-0.3, -0.25) is 4.79 Å². The zero-order chi connectivity index (χ0) is 19.2. The molecule has 0 spiro atoms. The number of fused-ring (bicyclic) bond motifs is 1. The van der Waals surface area contributed by atoms with Gasteiger partial charge in [0.05, 0.1) is 32.8 Å². The van der Waals surface area contributed by atoms with Crippen LogP contribution >= 0.6 is 11.8 Å². The summed E-state index contributed by atoms with van der Waals surface area (Å²) in [5, 5.41) is 5.56. The number of hydrogen-bond acceptors (Lipinski definition) is 6. The van der Waals surface area contributed by atoms with Crippen LogP contribution in [0.25, 0.3) is 10.8 Å². The maximum Gasteiger partial charge on any atom is 0.234 e. The van der Waals surface area contributed by atoms with Gasteiger partial charge in [0.15, 0.2) is 0 Å². The van der Waals surface area contributed by atoms with Crippen molar-refractivity contribution in [1.82, 2.24) is 4.98 Å². The molecule has 27 heavy (non-hydrogen) atoms. The third-order valence-corrected chi connectivity index (χ3v) is 4.98. The van der Waals surface area contributed by atoms with Crippen LogP contribution in [0.3, 0.4) is 0 Å². The lowest BCUT2D eigenvalue weighted by atomic mass is 10.1. The highest BCUT2D eigenvalue weighted by atomic mass is 32.2. The van der Waals surface area contributed by atoms with Gasteiger partial charge in [-0.2, -0.15) is 0 Å². The van der Waals surface area contributed by atoms with Crippen molar-refractivity contribution in [2.24, 2.45) is 0 Å². The molecule has 140 valence electrons. The van der Waals surface area contributed by atoms with E-state index in [9.17, 15) is 4.79 Å². The standard InChI is InChI=1S/C20H20N2O4S/c1-24-13-7-8-16(18(11-13)26-3)22-19(23)12-27-20-15-5-4-6-17(25-2)14(15)9-10-21-20/h4-11H,12H2,1-3H3,(H,22,23). The smallest absolute Gasteiger partial charge is 0.234 e. The van der Waals surface area contributed by atoms with Crippen LogP contribution in [0.15, 0.2) is 53.7 Å². The van der Waals surface area contributed by atoms with E-state index >= 15 is 0 Å². The average molecular weight is 384 g/mol. The molecule has 3 rings (SSSR count). The third-order valence-electron chi connectivity index (χ3n) is 3.97. The molecule has 1 amide bonds. The molecule has 1 N–H and O–H groups in total. The number of carbonyl (C=O) groups is 1. The number of benzene rings is 2. The fourth-order valence-electron chi connectivity index (χ4n) is 2.67. The molecular formula is C20H20N2O4S. The summed E-state index contributed by atoms with van der Waals surface area (Å²) in [5.41, 5.74) is 0.594. The molecule has 0 saturated heterocycles. The van der Waals surface area contributed by atoms with Gasteiger partial charge >= 0.3 is 0 Å². The highest BCUT2D eigenvalue weighted by Crippen LogP contribution is 2.32. The molecule has 1 heterocycles. The number of amides is 1. The predicted molar refractivity (Wildman–Crippen MR) is 107 cm³/mol. The minimum absolute atomic E-state index is 0.148. The Morgan fingerprint density at radius 3 is 2.56 bits per heavy atom. The predicted octanol–water partition coefficient (Wildman–Crippen LogP) is 3.99. The molecule has 0 aliphatic rings. The zero-order valence-electron chi connectivity index (χ0n) is 15.3. The molecule has 0 atom stereocenters. The monoisotopic (exact) mass is 384 g/mol. The molecule has 1 aromatic heterocycles. The summed E-state index contributed by atoms with van der Waals surface area (Å²) < 4.78 is 15.9. The van der Waals surface area contributed by atoms with Crippen molar-refractivity contribution in [1.29, 1.82) is 0 Å². The summed E-state index contributed by atoms with van der Waals surface area (Å²) >= 11 is 1.37. The fraction of sp³-hybridized carbons (Fsp3) is 0.200. The lowest BCUT2D eigenvalue weighted by Crippen LogP contribution is -2.14. The van der Waals surface area contributed by atoms with Crippen molar-refractivity contribution in [2.45, 2.75) is 5.03 Å². The molecule has 6 nitrogen and oxygen atoms in total. The minimum atomic E-state index is -0.148. The number of hydrogen-bond donors (Lipinski definition) is 1. The Morgan fingerprint density at radius 2 is 1.81 bits per heavy atom. The van der Waals surface area contributed by atoms with E-state index in [1.165, 1.54) is 11.8 Å². The topological polar surface area (TPSA) is 69.7 Å². The summed E-state index contributed by atoms with van der Waals surface area (Å²) in [6, 6.07) is 12.9. The maximum atomic E-state index is 12.4. The van der Waals surface area contributed by atoms with E-state index in [1.807, 2.05) is 24.3 Å². The number of pyridine rings is 1. The van der Waals surface area contributed by atoms with Gasteiger partial charge in [-0.05, 0) is 24.3 Å². The van der Waals surface area contributed by atoms with Gasteiger partial charge in [-0.25, -0.2) is 4.98 Å². The van der Waals surface area contributed by atoms with Crippen LogP contribution in [0, 0.1) is 0 Å². The molecule has 0 radical (unpaired) electrons. The van der Waals surface area contributed by atoms with Gasteiger partial charge in [-0.1, -0.05) is 23.9 Å². The van der Waals surface area contributed by atoms with Crippen molar-refractivity contribution < 1.29 is 19.0 Å². The highest BCUT2D eigenvalue weighted by molar-refractivity contribution is 8.00. The van der Waals surface area contributed by atoms with Gasteiger partial charge in [-0.15, -0.1) is 0 Å². The first-order valence-corrected chi connectivity index (χ1v) is 9.21. The summed E-state index contributed by atoms with van der Waals surface area (Å²) in [7, 11) is 4.76. The van der Waals surface area contributed by atoms with Gasteiger partial charge in [0.2, 0.25) is 5.91 Å². The zero-order valence-corrected chi connectivity index (χ0v) is 16.1. The Bertz CT molecular complexity index is 962. The van der Waals surface area contributed by atoms with Crippen molar-refractivity contribution in [2.75, 3.05) is 32.4 Å². The van der Waals surface area contributed by atoms with Gasteiger partial charge < -0.3 is 19.5 Å². The van der Waals surface area contributed by atoms with Crippen molar-refractivity contribution >= 4 is 34.1 Å². The summed E-state index contributed by atoms with van der Waals surface area (Å²) in [4.78, 5) is 16.8. The van der Waals surface area contributed by atoms with E-state index in [0.717, 1.165) is 21.5 Å². The molecule has 3 aromatic rings. The highest BCUT2D eigenvalue weighted by Gasteiger charge is 2.12. The second kappa shape index (κ2) is 8.64. The molecule has 0 fully saturated rings. The summed E-state index contributed by atoms with van der Waals surface area (Å²) in [6.07, 6.45) is 1.72. The van der Waals surface area contributed by atoms with E-state index in [1.54, 1.807) is 45.7 Å².